The smallest absolute Gasteiger partial charge is 0.0555 e. The van der Waals surface area contributed by atoms with Crippen molar-refractivity contribution in [2.45, 2.75) is 0 Å². The first-order valence-corrected chi connectivity index (χ1v) is 3.79. The molecule has 4 saturated heterocycles. The van der Waals surface area contributed by atoms with Crippen LogP contribution >= 0.6 is 17.0 Å². The van der Waals surface area contributed by atoms with Crippen LogP contribution in [0.1, 0.15) is 0 Å². The van der Waals surface area contributed by atoms with E-state index in [-0.39, 0.29) is 17.0 Å². The van der Waals surface area contributed by atoms with Gasteiger partial charge in [0.15, 0.2) is 0 Å². The first-order chi connectivity index (χ1) is 4.90. The topological polar surface area (TPSA) is 13.0 Å². The lowest BCUT2D eigenvalue weighted by Crippen LogP contribution is -2.71. The van der Waals surface area contributed by atoms with Crippen LogP contribution in [0.15, 0.2) is 0 Å². The van der Waals surface area contributed by atoms with Gasteiger partial charge in [-0.2, -0.15) is 0 Å². The maximum atomic E-state index is 2.47. The van der Waals surface area contributed by atoms with E-state index in [1.807, 2.05) is 0 Å². The molecule has 4 aliphatic rings. The molecule has 0 spiro atoms. The third-order valence-electron chi connectivity index (χ3n) is 2.40. The van der Waals surface area contributed by atoms with E-state index in [0.29, 0.717) is 0 Å². The molecule has 5 heteroatoms. The average molecular weight is 221 g/mol. The second-order valence-corrected chi connectivity index (χ2v) is 3.53. The van der Waals surface area contributed by atoms with Crippen LogP contribution < -0.4 is 0 Å². The summed E-state index contributed by atoms with van der Waals surface area (Å²) in [6.07, 6.45) is 0. The van der Waals surface area contributed by atoms with Crippen molar-refractivity contribution in [2.75, 3.05) is 40.0 Å². The molecule has 0 aromatic carbocycles. The molecule has 0 aromatic rings. The molecule has 11 heavy (non-hydrogen) atoms. The maximum absolute atomic E-state index is 2.47. The predicted molar refractivity (Wildman–Crippen MR) is 46.9 cm³/mol. The lowest BCUT2D eigenvalue weighted by Gasteiger charge is -2.56. The minimum absolute atomic E-state index is 0. The van der Waals surface area contributed by atoms with Gasteiger partial charge in [0.05, 0.1) is 40.0 Å². The first kappa shape index (κ1) is 7.94. The van der Waals surface area contributed by atoms with Gasteiger partial charge in [-0.3, -0.25) is 19.6 Å². The number of hydrogen-bond acceptors (Lipinski definition) is 4. The lowest BCUT2D eigenvalue weighted by molar-refractivity contribution is -0.194. The summed E-state index contributed by atoms with van der Waals surface area (Å²) in [4.78, 5) is 9.88. The van der Waals surface area contributed by atoms with Crippen LogP contribution in [0.25, 0.3) is 0 Å². The summed E-state index contributed by atoms with van der Waals surface area (Å²) in [7, 11) is 0. The Morgan fingerprint density at radius 1 is 0.455 bits per heavy atom. The third kappa shape index (κ3) is 1.21. The molecule has 4 heterocycles. The van der Waals surface area contributed by atoms with E-state index in [0.717, 1.165) is 0 Å². The molecule has 64 valence electrons. The van der Waals surface area contributed by atoms with Gasteiger partial charge in [0.25, 0.3) is 0 Å². The minimum Gasteiger partial charge on any atom is -0.264 e. The lowest BCUT2D eigenvalue weighted by atomic mass is 10.4. The molecule has 4 fully saturated rings. The normalized spacial score (nSPS) is 52.4. The number of nitrogens with zero attached hydrogens (tertiary/aromatic N) is 4. The SMILES string of the molecule is Br.C1N2CN3CN1CN(C2)C3. The van der Waals surface area contributed by atoms with E-state index in [2.05, 4.69) is 19.6 Å². The molecular formula is C6H13BrN4. The van der Waals surface area contributed by atoms with Crippen molar-refractivity contribution in [1.82, 2.24) is 19.6 Å². The molecule has 0 atom stereocenters. The Kier molecular flexibility index (Phi) is 1.93. The van der Waals surface area contributed by atoms with Gasteiger partial charge < -0.3 is 0 Å². The summed E-state index contributed by atoms with van der Waals surface area (Å²) in [6.45, 7) is 7.12. The van der Waals surface area contributed by atoms with Crippen LogP contribution in [0.5, 0.6) is 0 Å². The quantitative estimate of drug-likeness (QED) is 0.549. The van der Waals surface area contributed by atoms with Gasteiger partial charge in [0, 0.05) is 0 Å². The Morgan fingerprint density at radius 2 is 0.636 bits per heavy atom. The Labute approximate surface area is 77.1 Å². The summed E-state index contributed by atoms with van der Waals surface area (Å²) in [6, 6.07) is 0. The molecule has 0 N–H and O–H groups in total. The maximum Gasteiger partial charge on any atom is 0.0555 e. The Morgan fingerprint density at radius 3 is 0.818 bits per heavy atom. The second kappa shape index (κ2) is 2.67. The van der Waals surface area contributed by atoms with Crippen molar-refractivity contribution in [3.05, 3.63) is 0 Å². The Bertz CT molecular complexity index is 106. The van der Waals surface area contributed by atoms with Crippen molar-refractivity contribution in [2.24, 2.45) is 0 Å². The molecule has 0 radical (unpaired) electrons. The van der Waals surface area contributed by atoms with Gasteiger partial charge in [0.1, 0.15) is 0 Å². The van der Waals surface area contributed by atoms with Crippen molar-refractivity contribution >= 4 is 17.0 Å². The van der Waals surface area contributed by atoms with Crippen molar-refractivity contribution in [3.8, 4) is 0 Å². The zero-order valence-electron chi connectivity index (χ0n) is 6.44. The Balaban J connectivity index is 0.000000480. The molecule has 4 nitrogen and oxygen atoms in total. The molecule has 4 bridgehead atoms. The minimum atomic E-state index is 0. The van der Waals surface area contributed by atoms with Gasteiger partial charge in [-0.15, -0.1) is 17.0 Å². The Hall–Kier alpha value is 0.320. The highest BCUT2D eigenvalue weighted by Crippen LogP contribution is 2.20. The molecule has 4 aliphatic heterocycles. The molecule has 0 saturated carbocycles. The standard InChI is InChI=1S/C6H12N4.BrH/c1-7-2-9-4-8(1)5-10(3-7)6-9;/h1-6H2;1H. The van der Waals surface area contributed by atoms with E-state index < -0.39 is 0 Å². The number of rotatable bonds is 0. The fourth-order valence-corrected chi connectivity index (χ4v) is 2.23. The van der Waals surface area contributed by atoms with E-state index in [1.165, 1.54) is 40.0 Å². The van der Waals surface area contributed by atoms with Crippen molar-refractivity contribution in [3.63, 3.8) is 0 Å². The van der Waals surface area contributed by atoms with Gasteiger partial charge in [-0.25, -0.2) is 0 Å². The monoisotopic (exact) mass is 220 g/mol. The predicted octanol–water partition coefficient (Wildman–Crippen LogP) is -0.442. The van der Waals surface area contributed by atoms with Gasteiger partial charge in [-0.1, -0.05) is 0 Å². The highest BCUT2D eigenvalue weighted by molar-refractivity contribution is 8.93. The largest absolute Gasteiger partial charge is 0.264 e. The van der Waals surface area contributed by atoms with E-state index in [1.54, 1.807) is 0 Å². The van der Waals surface area contributed by atoms with Crippen LogP contribution in [-0.2, 0) is 0 Å². The van der Waals surface area contributed by atoms with E-state index in [4.69, 9.17) is 0 Å². The summed E-state index contributed by atoms with van der Waals surface area (Å²) in [5, 5.41) is 0. The zero-order chi connectivity index (χ0) is 6.55. The molecular weight excluding hydrogens is 208 g/mol. The molecule has 0 aliphatic carbocycles. The second-order valence-electron chi connectivity index (χ2n) is 3.53. The number of halogens is 1. The van der Waals surface area contributed by atoms with Crippen molar-refractivity contribution < 1.29 is 0 Å². The molecule has 0 aromatic heterocycles. The molecule has 0 unspecified atom stereocenters. The summed E-state index contributed by atoms with van der Waals surface area (Å²) >= 11 is 0. The summed E-state index contributed by atoms with van der Waals surface area (Å²) in [5.41, 5.74) is 0. The average Bonchev–Trinajstić information content (AvgIpc) is 1.82. The number of hydrogen-bond donors (Lipinski definition) is 0. The highest BCUT2D eigenvalue weighted by Gasteiger charge is 2.36. The third-order valence-corrected chi connectivity index (χ3v) is 2.40. The van der Waals surface area contributed by atoms with Crippen LogP contribution in [0.4, 0.5) is 0 Å². The highest BCUT2D eigenvalue weighted by atomic mass is 79.9. The van der Waals surface area contributed by atoms with Gasteiger partial charge in [-0.05, 0) is 0 Å². The van der Waals surface area contributed by atoms with Crippen LogP contribution in [0.2, 0.25) is 0 Å². The fourth-order valence-electron chi connectivity index (χ4n) is 2.23. The zero-order valence-corrected chi connectivity index (χ0v) is 8.15. The van der Waals surface area contributed by atoms with E-state index in [9.17, 15) is 0 Å². The van der Waals surface area contributed by atoms with Crippen molar-refractivity contribution in [1.29, 1.82) is 0 Å². The summed E-state index contributed by atoms with van der Waals surface area (Å²) < 4.78 is 0. The van der Waals surface area contributed by atoms with E-state index >= 15 is 0 Å². The molecule has 4 rings (SSSR count). The summed E-state index contributed by atoms with van der Waals surface area (Å²) in [5.74, 6) is 0. The van der Waals surface area contributed by atoms with Gasteiger partial charge >= 0.3 is 0 Å². The van der Waals surface area contributed by atoms with Crippen LogP contribution in [0, 0.1) is 0 Å². The van der Waals surface area contributed by atoms with Gasteiger partial charge in [0.2, 0.25) is 0 Å². The fraction of sp³-hybridized carbons (Fsp3) is 1.00. The molecule has 0 amide bonds. The van der Waals surface area contributed by atoms with Crippen LogP contribution in [-0.4, -0.2) is 59.6 Å². The van der Waals surface area contributed by atoms with Crippen LogP contribution in [0.3, 0.4) is 0 Å². The first-order valence-electron chi connectivity index (χ1n) is 3.79.